The highest BCUT2D eigenvalue weighted by Gasteiger charge is 2.41. The third kappa shape index (κ3) is 1.92. The maximum absolute atomic E-state index is 12.5. The molecular weight excluding hydrogens is 220 g/mol. The highest BCUT2D eigenvalue weighted by molar-refractivity contribution is 5.90. The Balaban J connectivity index is 1.95. The molecule has 1 nitrogen and oxygen atoms in total. The van der Waals surface area contributed by atoms with E-state index in [0.717, 1.165) is 25.7 Å². The van der Waals surface area contributed by atoms with Crippen molar-refractivity contribution in [2.24, 2.45) is 11.3 Å². The molecule has 3 rings (SSSR count). The molecule has 94 valence electrons. The van der Waals surface area contributed by atoms with Gasteiger partial charge in [-0.15, -0.1) is 0 Å². The van der Waals surface area contributed by atoms with E-state index in [9.17, 15) is 4.79 Å². The van der Waals surface area contributed by atoms with E-state index in [1.54, 1.807) is 0 Å². The van der Waals surface area contributed by atoms with Crippen LogP contribution >= 0.6 is 0 Å². The second kappa shape index (κ2) is 4.38. The van der Waals surface area contributed by atoms with Crippen molar-refractivity contribution in [3.63, 3.8) is 0 Å². The molecule has 0 heterocycles. The molecule has 2 aliphatic rings. The van der Waals surface area contributed by atoms with E-state index in [0.29, 0.717) is 5.78 Å². The Bertz CT molecular complexity index is 486. The van der Waals surface area contributed by atoms with Crippen LogP contribution in [0.5, 0.6) is 0 Å². The van der Waals surface area contributed by atoms with Crippen LogP contribution in [0.15, 0.2) is 36.4 Å². The fourth-order valence-electron chi connectivity index (χ4n) is 3.47. The molecule has 2 bridgehead atoms. The van der Waals surface area contributed by atoms with Crippen LogP contribution < -0.4 is 0 Å². The molecule has 0 radical (unpaired) electrons. The lowest BCUT2D eigenvalue weighted by atomic mass is 9.68. The summed E-state index contributed by atoms with van der Waals surface area (Å²) < 4.78 is 0. The maximum atomic E-state index is 12.5. The fourth-order valence-corrected chi connectivity index (χ4v) is 3.47. The summed E-state index contributed by atoms with van der Waals surface area (Å²) in [5.74, 6) is 0.772. The number of ketones is 1. The van der Waals surface area contributed by atoms with E-state index in [2.05, 4.69) is 37.3 Å². The molecule has 1 fully saturated rings. The van der Waals surface area contributed by atoms with Crippen LogP contribution in [0.25, 0.3) is 5.57 Å². The van der Waals surface area contributed by atoms with Crippen LogP contribution in [-0.4, -0.2) is 5.78 Å². The molecular formula is C17H20O. The van der Waals surface area contributed by atoms with Gasteiger partial charge in [0.25, 0.3) is 0 Å². The van der Waals surface area contributed by atoms with Crippen molar-refractivity contribution in [1.82, 2.24) is 0 Å². The summed E-state index contributed by atoms with van der Waals surface area (Å²) in [5.41, 5.74) is 2.58. The zero-order chi connectivity index (χ0) is 12.6. The Kier molecular flexibility index (Phi) is 2.85. The molecule has 2 aliphatic carbocycles. The minimum atomic E-state index is -0.0839. The quantitative estimate of drug-likeness (QED) is 0.717. The molecule has 1 heteroatoms. The van der Waals surface area contributed by atoms with Crippen molar-refractivity contribution in [2.75, 3.05) is 0 Å². The molecule has 18 heavy (non-hydrogen) atoms. The van der Waals surface area contributed by atoms with Gasteiger partial charge >= 0.3 is 0 Å². The van der Waals surface area contributed by atoms with Crippen LogP contribution in [-0.2, 0) is 4.79 Å². The van der Waals surface area contributed by atoms with Crippen molar-refractivity contribution in [1.29, 1.82) is 0 Å². The average molecular weight is 240 g/mol. The smallest absolute Gasteiger partial charge is 0.142 e. The number of carbonyl (C=O) groups excluding carboxylic acids is 1. The largest absolute Gasteiger partial charge is 0.299 e. The number of fused-ring (bicyclic) bond motifs is 2. The van der Waals surface area contributed by atoms with Crippen molar-refractivity contribution in [3.05, 3.63) is 42.0 Å². The topological polar surface area (TPSA) is 17.1 Å². The van der Waals surface area contributed by atoms with Crippen LogP contribution in [0.2, 0.25) is 0 Å². The first-order valence-corrected chi connectivity index (χ1v) is 6.98. The number of rotatable bonds is 1. The predicted octanol–water partition coefficient (Wildman–Crippen LogP) is 4.24. The molecule has 0 aromatic heterocycles. The van der Waals surface area contributed by atoms with Gasteiger partial charge < -0.3 is 0 Å². The van der Waals surface area contributed by atoms with E-state index in [-0.39, 0.29) is 11.3 Å². The number of hydrogen-bond donors (Lipinski definition) is 0. The lowest BCUT2D eigenvalue weighted by Gasteiger charge is -2.34. The second-order valence-electron chi connectivity index (χ2n) is 6.02. The normalized spacial score (nSPS) is 31.7. The second-order valence-corrected chi connectivity index (χ2v) is 6.02. The Morgan fingerprint density at radius 1 is 1.22 bits per heavy atom. The lowest BCUT2D eigenvalue weighted by molar-refractivity contribution is -0.134. The molecule has 0 spiro atoms. The molecule has 1 aromatic carbocycles. The van der Waals surface area contributed by atoms with Gasteiger partial charge in [-0.3, -0.25) is 4.79 Å². The highest BCUT2D eigenvalue weighted by Crippen LogP contribution is 2.45. The maximum Gasteiger partial charge on any atom is 0.142 e. The average Bonchev–Trinajstić information content (AvgIpc) is 2.48. The van der Waals surface area contributed by atoms with Gasteiger partial charge in [-0.2, -0.15) is 0 Å². The van der Waals surface area contributed by atoms with Crippen LogP contribution in [0.4, 0.5) is 0 Å². The van der Waals surface area contributed by atoms with Crippen molar-refractivity contribution in [2.45, 2.75) is 39.0 Å². The molecule has 0 aliphatic heterocycles. The van der Waals surface area contributed by atoms with Gasteiger partial charge in [0.05, 0.1) is 0 Å². The molecule has 2 atom stereocenters. The first-order chi connectivity index (χ1) is 8.69. The van der Waals surface area contributed by atoms with Crippen LogP contribution in [0.1, 0.15) is 44.6 Å². The van der Waals surface area contributed by atoms with Crippen LogP contribution in [0.3, 0.4) is 0 Å². The van der Waals surface area contributed by atoms with E-state index in [1.807, 2.05) is 6.07 Å². The monoisotopic (exact) mass is 240 g/mol. The van der Waals surface area contributed by atoms with Gasteiger partial charge in [-0.1, -0.05) is 49.8 Å². The zero-order valence-electron chi connectivity index (χ0n) is 11.0. The van der Waals surface area contributed by atoms with Gasteiger partial charge in [0.2, 0.25) is 0 Å². The molecule has 0 N–H and O–H groups in total. The lowest BCUT2D eigenvalue weighted by Crippen LogP contribution is -2.36. The van der Waals surface area contributed by atoms with Gasteiger partial charge in [-0.25, -0.2) is 0 Å². The first kappa shape index (κ1) is 11.7. The summed E-state index contributed by atoms with van der Waals surface area (Å²) in [6.07, 6.45) is 7.55. The summed E-state index contributed by atoms with van der Waals surface area (Å²) in [6.45, 7) is 2.16. The Morgan fingerprint density at radius 3 is 2.78 bits per heavy atom. The number of Topliss-reactive ketones (excluding diaryl/α,β-unsaturated/α-hetero) is 1. The Hall–Kier alpha value is -1.37. The first-order valence-electron chi connectivity index (χ1n) is 6.98. The van der Waals surface area contributed by atoms with E-state index < -0.39 is 0 Å². The SMILES string of the molecule is CC12CC=C(c3ccccc3)CC(CCC1)C2=O. The van der Waals surface area contributed by atoms with E-state index in [4.69, 9.17) is 0 Å². The number of benzene rings is 1. The third-order valence-corrected chi connectivity index (χ3v) is 4.66. The Labute approximate surface area is 109 Å². The number of hydrogen-bond acceptors (Lipinski definition) is 1. The molecule has 1 saturated carbocycles. The highest BCUT2D eigenvalue weighted by atomic mass is 16.1. The van der Waals surface area contributed by atoms with Crippen molar-refractivity contribution in [3.8, 4) is 0 Å². The number of allylic oxidation sites excluding steroid dienone is 2. The van der Waals surface area contributed by atoms with E-state index >= 15 is 0 Å². The number of carbonyl (C=O) groups is 1. The van der Waals surface area contributed by atoms with Gasteiger partial charge in [0.1, 0.15) is 5.78 Å². The molecule has 0 amide bonds. The van der Waals surface area contributed by atoms with Gasteiger partial charge in [0.15, 0.2) is 0 Å². The summed E-state index contributed by atoms with van der Waals surface area (Å²) in [4.78, 5) is 12.5. The fraction of sp³-hybridized carbons (Fsp3) is 0.471. The van der Waals surface area contributed by atoms with Gasteiger partial charge in [0, 0.05) is 11.3 Å². The molecule has 2 unspecified atom stereocenters. The summed E-state index contributed by atoms with van der Waals surface area (Å²) in [6, 6.07) is 10.5. The van der Waals surface area contributed by atoms with Crippen molar-refractivity contribution < 1.29 is 4.79 Å². The summed E-state index contributed by atoms with van der Waals surface area (Å²) in [7, 11) is 0. The standard InChI is InChI=1S/C17H20O/c1-17-10-5-8-15(16(17)18)12-14(9-11-17)13-6-3-2-4-7-13/h2-4,6-7,9,15H,5,8,10-12H2,1H3. The molecule has 1 aromatic rings. The van der Waals surface area contributed by atoms with Crippen LogP contribution in [0, 0.1) is 11.3 Å². The minimum absolute atomic E-state index is 0.0839. The van der Waals surface area contributed by atoms with Gasteiger partial charge in [-0.05, 0) is 36.8 Å². The Morgan fingerprint density at radius 2 is 2.00 bits per heavy atom. The minimum Gasteiger partial charge on any atom is -0.299 e. The molecule has 0 saturated heterocycles. The third-order valence-electron chi connectivity index (χ3n) is 4.66. The summed E-state index contributed by atoms with van der Waals surface area (Å²) >= 11 is 0. The predicted molar refractivity (Wildman–Crippen MR) is 74.1 cm³/mol. The zero-order valence-corrected chi connectivity index (χ0v) is 11.0. The summed E-state index contributed by atoms with van der Waals surface area (Å²) in [5, 5.41) is 0. The van der Waals surface area contributed by atoms with E-state index in [1.165, 1.54) is 17.6 Å². The van der Waals surface area contributed by atoms with Crippen molar-refractivity contribution >= 4 is 11.4 Å².